The van der Waals surface area contributed by atoms with E-state index >= 15 is 0 Å². The standard InChI is InChI=1S/C20H29NO4/c1-9(2)20(24)25-15(8)14(7)21-18(22)16-12(5)10(3)11(4)13(6)17(16)19(21)23/h10-15H,1H2,2-8H3. The Morgan fingerprint density at radius 3 is 1.76 bits per heavy atom. The maximum atomic E-state index is 13.0. The Morgan fingerprint density at radius 2 is 1.40 bits per heavy atom. The Bertz CT molecular complexity index is 627. The Labute approximate surface area is 150 Å². The zero-order valence-corrected chi connectivity index (χ0v) is 16.3. The van der Waals surface area contributed by atoms with Crippen LogP contribution >= 0.6 is 0 Å². The van der Waals surface area contributed by atoms with Crippen LogP contribution in [0, 0.1) is 23.7 Å². The lowest BCUT2D eigenvalue weighted by molar-refractivity contribution is -0.153. The van der Waals surface area contributed by atoms with Gasteiger partial charge in [-0.2, -0.15) is 0 Å². The highest BCUT2D eigenvalue weighted by atomic mass is 16.5. The molecule has 2 rings (SSSR count). The first kappa shape index (κ1) is 19.4. The molecule has 1 aliphatic carbocycles. The van der Waals surface area contributed by atoms with Crippen LogP contribution in [0.2, 0.25) is 0 Å². The van der Waals surface area contributed by atoms with E-state index in [1.54, 1.807) is 20.8 Å². The van der Waals surface area contributed by atoms with Crippen LogP contribution in [0.15, 0.2) is 23.3 Å². The summed E-state index contributed by atoms with van der Waals surface area (Å²) in [5.41, 5.74) is 1.59. The topological polar surface area (TPSA) is 63.7 Å². The number of carbonyl (C=O) groups is 3. The van der Waals surface area contributed by atoms with Crippen LogP contribution < -0.4 is 0 Å². The average Bonchev–Trinajstić information content (AvgIpc) is 2.80. The molecule has 2 amide bonds. The van der Waals surface area contributed by atoms with Gasteiger partial charge in [-0.15, -0.1) is 0 Å². The van der Waals surface area contributed by atoms with E-state index in [0.29, 0.717) is 28.6 Å². The predicted molar refractivity (Wildman–Crippen MR) is 95.4 cm³/mol. The normalized spacial score (nSPS) is 31.7. The summed E-state index contributed by atoms with van der Waals surface area (Å²) in [5.74, 6) is -0.224. The predicted octanol–water partition coefficient (Wildman–Crippen LogP) is 3.11. The molecule has 0 spiro atoms. The van der Waals surface area contributed by atoms with Gasteiger partial charge in [-0.3, -0.25) is 14.5 Å². The van der Waals surface area contributed by atoms with E-state index < -0.39 is 18.1 Å². The van der Waals surface area contributed by atoms with Gasteiger partial charge in [-0.05, 0) is 44.4 Å². The lowest BCUT2D eigenvalue weighted by Crippen LogP contribution is -2.46. The molecule has 6 unspecified atom stereocenters. The van der Waals surface area contributed by atoms with Crippen LogP contribution in [-0.4, -0.2) is 34.8 Å². The Balaban J connectivity index is 2.29. The number of ether oxygens (including phenoxy) is 1. The molecular formula is C20H29NO4. The largest absolute Gasteiger partial charge is 0.457 e. The van der Waals surface area contributed by atoms with Gasteiger partial charge in [0, 0.05) is 16.7 Å². The highest BCUT2D eigenvalue weighted by molar-refractivity contribution is 6.20. The number of nitrogens with zero attached hydrogens (tertiary/aromatic N) is 1. The van der Waals surface area contributed by atoms with Crippen molar-refractivity contribution in [1.82, 2.24) is 4.90 Å². The number of esters is 1. The third-order valence-corrected chi connectivity index (χ3v) is 6.23. The van der Waals surface area contributed by atoms with Gasteiger partial charge >= 0.3 is 5.97 Å². The van der Waals surface area contributed by atoms with E-state index in [-0.39, 0.29) is 23.7 Å². The zero-order chi connectivity index (χ0) is 19.2. The maximum absolute atomic E-state index is 13.0. The fourth-order valence-electron chi connectivity index (χ4n) is 3.85. The molecular weight excluding hydrogens is 318 g/mol. The number of hydrogen-bond acceptors (Lipinski definition) is 4. The Morgan fingerprint density at radius 1 is 1.00 bits per heavy atom. The summed E-state index contributed by atoms with van der Waals surface area (Å²) in [6.07, 6.45) is -0.598. The minimum atomic E-state index is -0.598. The van der Waals surface area contributed by atoms with Crippen molar-refractivity contribution in [3.63, 3.8) is 0 Å². The third kappa shape index (κ3) is 3.05. The van der Waals surface area contributed by atoms with E-state index in [2.05, 4.69) is 20.4 Å². The average molecular weight is 347 g/mol. The summed E-state index contributed by atoms with van der Waals surface area (Å²) >= 11 is 0. The van der Waals surface area contributed by atoms with Crippen molar-refractivity contribution >= 4 is 17.8 Å². The van der Waals surface area contributed by atoms with E-state index in [9.17, 15) is 14.4 Å². The summed E-state index contributed by atoms with van der Waals surface area (Å²) in [4.78, 5) is 39.1. The first-order valence-electron chi connectivity index (χ1n) is 8.99. The number of rotatable bonds is 4. The fourth-order valence-corrected chi connectivity index (χ4v) is 3.85. The second kappa shape index (κ2) is 6.77. The molecule has 5 heteroatoms. The summed E-state index contributed by atoms with van der Waals surface area (Å²) < 4.78 is 5.33. The molecule has 1 heterocycles. The molecule has 1 aliphatic heterocycles. The van der Waals surface area contributed by atoms with Crippen molar-refractivity contribution in [2.75, 3.05) is 0 Å². The molecule has 0 aromatic rings. The quantitative estimate of drug-likeness (QED) is 0.445. The highest BCUT2D eigenvalue weighted by Gasteiger charge is 2.50. The molecule has 0 N–H and O–H groups in total. The van der Waals surface area contributed by atoms with E-state index in [1.807, 2.05) is 13.8 Å². The fraction of sp³-hybridized carbons (Fsp3) is 0.650. The summed E-state index contributed by atoms with van der Waals surface area (Å²) in [5, 5.41) is 0. The van der Waals surface area contributed by atoms with Gasteiger partial charge < -0.3 is 4.74 Å². The van der Waals surface area contributed by atoms with Crippen LogP contribution in [0.4, 0.5) is 0 Å². The molecule has 0 aromatic heterocycles. The molecule has 0 radical (unpaired) electrons. The van der Waals surface area contributed by atoms with Gasteiger partial charge in [0.1, 0.15) is 6.10 Å². The smallest absolute Gasteiger partial charge is 0.333 e. The van der Waals surface area contributed by atoms with Crippen LogP contribution in [0.5, 0.6) is 0 Å². The first-order chi connectivity index (χ1) is 11.5. The zero-order valence-electron chi connectivity index (χ0n) is 16.3. The van der Waals surface area contributed by atoms with Crippen molar-refractivity contribution in [3.8, 4) is 0 Å². The Kier molecular flexibility index (Phi) is 5.26. The highest BCUT2D eigenvalue weighted by Crippen LogP contribution is 2.46. The molecule has 138 valence electrons. The van der Waals surface area contributed by atoms with Gasteiger partial charge in [0.15, 0.2) is 0 Å². The first-order valence-corrected chi connectivity index (χ1v) is 8.99. The summed E-state index contributed by atoms with van der Waals surface area (Å²) in [6, 6.07) is -0.529. The second-order valence-corrected chi connectivity index (χ2v) is 7.73. The molecule has 25 heavy (non-hydrogen) atoms. The molecule has 0 bridgehead atoms. The van der Waals surface area contributed by atoms with Crippen molar-refractivity contribution in [1.29, 1.82) is 0 Å². The van der Waals surface area contributed by atoms with Crippen LogP contribution in [0.25, 0.3) is 0 Å². The van der Waals surface area contributed by atoms with Gasteiger partial charge in [0.2, 0.25) is 0 Å². The van der Waals surface area contributed by atoms with Crippen LogP contribution in [-0.2, 0) is 19.1 Å². The number of amides is 2. The summed E-state index contributed by atoms with van der Waals surface area (Å²) in [7, 11) is 0. The minimum Gasteiger partial charge on any atom is -0.457 e. The minimum absolute atomic E-state index is 0.0446. The lowest BCUT2D eigenvalue weighted by Gasteiger charge is -2.36. The number of carbonyl (C=O) groups excluding carboxylic acids is 3. The molecule has 2 aliphatic rings. The van der Waals surface area contributed by atoms with E-state index in [0.717, 1.165) is 0 Å². The molecule has 0 saturated heterocycles. The maximum Gasteiger partial charge on any atom is 0.333 e. The van der Waals surface area contributed by atoms with E-state index in [4.69, 9.17) is 4.74 Å². The van der Waals surface area contributed by atoms with Gasteiger partial charge in [0.25, 0.3) is 11.8 Å². The van der Waals surface area contributed by atoms with Gasteiger partial charge in [0.05, 0.1) is 6.04 Å². The molecule has 5 nitrogen and oxygen atoms in total. The third-order valence-electron chi connectivity index (χ3n) is 6.23. The van der Waals surface area contributed by atoms with Gasteiger partial charge in [-0.1, -0.05) is 34.3 Å². The van der Waals surface area contributed by atoms with Crippen molar-refractivity contribution in [3.05, 3.63) is 23.3 Å². The van der Waals surface area contributed by atoms with Crippen molar-refractivity contribution < 1.29 is 19.1 Å². The van der Waals surface area contributed by atoms with Crippen molar-refractivity contribution in [2.45, 2.75) is 60.6 Å². The monoisotopic (exact) mass is 347 g/mol. The molecule has 6 atom stereocenters. The lowest BCUT2D eigenvalue weighted by atomic mass is 9.67. The number of imide groups is 1. The molecule has 0 saturated carbocycles. The van der Waals surface area contributed by atoms with Crippen LogP contribution in [0.1, 0.15) is 48.5 Å². The summed E-state index contributed by atoms with van der Waals surface area (Å²) in [6.45, 7) is 16.9. The van der Waals surface area contributed by atoms with Gasteiger partial charge in [-0.25, -0.2) is 4.79 Å². The molecule has 0 fully saturated rings. The van der Waals surface area contributed by atoms with E-state index in [1.165, 1.54) is 4.90 Å². The Hall–Kier alpha value is -1.91. The second-order valence-electron chi connectivity index (χ2n) is 7.73. The number of hydrogen-bond donors (Lipinski definition) is 0. The molecule has 0 aromatic carbocycles. The SMILES string of the molecule is C=C(C)C(=O)OC(C)C(C)N1C(=O)C2=C(C1=O)C(C)C(C)C(C)C2C. The van der Waals surface area contributed by atoms with Crippen molar-refractivity contribution in [2.24, 2.45) is 23.7 Å². The van der Waals surface area contributed by atoms with Crippen LogP contribution in [0.3, 0.4) is 0 Å².